The molecule has 4 aromatic rings. The van der Waals surface area contributed by atoms with Crippen molar-refractivity contribution in [3.63, 3.8) is 0 Å². The molecule has 5 heteroatoms. The zero-order valence-corrected chi connectivity index (χ0v) is 28.0. The van der Waals surface area contributed by atoms with Crippen LogP contribution in [0.5, 0.6) is 11.5 Å². The Morgan fingerprint density at radius 1 is 0.622 bits per heavy atom. The maximum absolute atomic E-state index is 11.8. The van der Waals surface area contributed by atoms with Crippen molar-refractivity contribution in [3.05, 3.63) is 114 Å². The molecule has 0 fully saturated rings. The summed E-state index contributed by atoms with van der Waals surface area (Å²) in [5.41, 5.74) is 0.848. The van der Waals surface area contributed by atoms with Crippen LogP contribution in [-0.4, -0.2) is 31.0 Å². The molecule has 4 aromatic carbocycles. The van der Waals surface area contributed by atoms with E-state index < -0.39 is 13.2 Å². The highest BCUT2D eigenvalue weighted by molar-refractivity contribution is 7.95. The Balaban J connectivity index is 1.12. The summed E-state index contributed by atoms with van der Waals surface area (Å²) in [6, 6.07) is 36.9. The van der Waals surface area contributed by atoms with Crippen LogP contribution in [0.1, 0.15) is 86.6 Å². The van der Waals surface area contributed by atoms with E-state index >= 15 is 0 Å². The van der Waals surface area contributed by atoms with Crippen molar-refractivity contribution in [3.8, 4) is 11.5 Å². The average Bonchev–Trinajstić information content (AvgIpc) is 3.07. The second kappa shape index (κ2) is 18.4. The number of ether oxygens (including phenoxy) is 2. The predicted molar refractivity (Wildman–Crippen MR) is 190 cm³/mol. The minimum absolute atomic E-state index is 0.0991. The Bertz CT molecular complexity index is 1300. The Morgan fingerprint density at radius 3 is 1.47 bits per heavy atom. The second-order valence-electron chi connectivity index (χ2n) is 11.9. The zero-order chi connectivity index (χ0) is 31.7. The first-order valence-electron chi connectivity index (χ1n) is 16.7. The molecule has 1 N–H and O–H groups in total. The molecule has 0 spiro atoms. The number of esters is 1. The van der Waals surface area contributed by atoms with Crippen LogP contribution >= 0.6 is 7.26 Å². The summed E-state index contributed by atoms with van der Waals surface area (Å²) < 4.78 is 10.5. The van der Waals surface area contributed by atoms with E-state index in [-0.39, 0.29) is 11.3 Å². The van der Waals surface area contributed by atoms with Gasteiger partial charge < -0.3 is 14.6 Å². The molecule has 4 rings (SSSR count). The average molecular weight is 626 g/mol. The number of carbonyl (C=O) groups excluding carboxylic acids is 1. The molecule has 0 aliphatic heterocycles. The van der Waals surface area contributed by atoms with Crippen molar-refractivity contribution in [2.24, 2.45) is 0 Å². The molecule has 0 heterocycles. The number of rotatable bonds is 19. The molecule has 0 aliphatic carbocycles. The molecule has 238 valence electrons. The molecular weight excluding hydrogens is 575 g/mol. The van der Waals surface area contributed by atoms with Gasteiger partial charge in [-0.2, -0.15) is 0 Å². The number of benzene rings is 4. The van der Waals surface area contributed by atoms with Crippen molar-refractivity contribution in [2.75, 3.05) is 19.9 Å². The molecule has 0 radical (unpaired) electrons. The fourth-order valence-corrected chi connectivity index (χ4v) is 10.7. The van der Waals surface area contributed by atoms with Crippen LogP contribution in [0.3, 0.4) is 0 Å². The quantitative estimate of drug-likeness (QED) is 0.0642. The van der Waals surface area contributed by atoms with Gasteiger partial charge in [-0.15, -0.1) is 0 Å². The Morgan fingerprint density at radius 2 is 1.04 bits per heavy atom. The molecule has 45 heavy (non-hydrogen) atoms. The number of phenols is 1. The lowest BCUT2D eigenvalue weighted by Crippen LogP contribution is -2.33. The highest BCUT2D eigenvalue weighted by Gasteiger charge is 2.44. The molecule has 0 saturated heterocycles. The van der Waals surface area contributed by atoms with Gasteiger partial charge in [0.05, 0.1) is 19.9 Å². The summed E-state index contributed by atoms with van der Waals surface area (Å²) >= 11 is 0. The van der Waals surface area contributed by atoms with Crippen molar-refractivity contribution in [1.82, 2.24) is 0 Å². The SMILES string of the molecule is COC(=O)c1c(C)cc(OCCCCCCCCCCCCC[P+](c2ccccc2)(c2ccccc2)c2ccccc2)cc1O. The topological polar surface area (TPSA) is 55.8 Å². The third-order valence-electron chi connectivity index (χ3n) is 8.68. The van der Waals surface area contributed by atoms with E-state index in [0.717, 1.165) is 12.8 Å². The Hall–Kier alpha value is -3.62. The number of hydrogen-bond donors (Lipinski definition) is 1. The molecule has 0 unspecified atom stereocenters. The molecule has 0 saturated carbocycles. The fourth-order valence-electron chi connectivity index (χ4n) is 6.30. The van der Waals surface area contributed by atoms with Crippen LogP contribution in [0.2, 0.25) is 0 Å². The lowest BCUT2D eigenvalue weighted by molar-refractivity contribution is 0.0596. The molecule has 0 atom stereocenters. The number of hydrogen-bond acceptors (Lipinski definition) is 4. The standard InChI is InChI=1S/C40H49O4P/c1-33-31-34(32-38(41)39(33)40(42)43-2)44-29-21-10-8-6-4-3-5-7-9-11-22-30-45(35-23-15-12-16-24-35,36-25-17-13-18-26-36)37-27-19-14-20-28-37/h12-20,23-28,31-32H,3-11,21-22,29-30H2,1-2H3/p+1. The largest absolute Gasteiger partial charge is 0.507 e. The molecule has 0 amide bonds. The highest BCUT2D eigenvalue weighted by atomic mass is 31.2. The zero-order valence-electron chi connectivity index (χ0n) is 27.1. The molecule has 0 aromatic heterocycles. The first-order valence-corrected chi connectivity index (χ1v) is 18.6. The summed E-state index contributed by atoms with van der Waals surface area (Å²) in [5.74, 6) is -0.0475. The summed E-state index contributed by atoms with van der Waals surface area (Å²) in [7, 11) is -0.392. The third kappa shape index (κ3) is 9.68. The normalized spacial score (nSPS) is 11.3. The van der Waals surface area contributed by atoms with Gasteiger partial charge in [-0.25, -0.2) is 4.79 Å². The summed E-state index contributed by atoms with van der Waals surface area (Å²) in [5, 5.41) is 14.6. The fraction of sp³-hybridized carbons (Fsp3) is 0.375. The van der Waals surface area contributed by atoms with Crippen molar-refractivity contribution in [2.45, 2.75) is 77.6 Å². The van der Waals surface area contributed by atoms with E-state index in [1.165, 1.54) is 93.0 Å². The maximum atomic E-state index is 11.8. The first kappa shape index (κ1) is 34.3. The monoisotopic (exact) mass is 625 g/mol. The van der Waals surface area contributed by atoms with Crippen molar-refractivity contribution < 1.29 is 19.4 Å². The van der Waals surface area contributed by atoms with Gasteiger partial charge in [-0.3, -0.25) is 0 Å². The van der Waals surface area contributed by atoms with Gasteiger partial charge in [0.25, 0.3) is 0 Å². The number of methoxy groups -OCH3 is 1. The lowest BCUT2D eigenvalue weighted by Gasteiger charge is -2.27. The van der Waals surface area contributed by atoms with E-state index in [9.17, 15) is 9.90 Å². The first-order chi connectivity index (χ1) is 22.1. The number of aromatic hydroxyl groups is 1. The second-order valence-corrected chi connectivity index (χ2v) is 15.5. The number of phenolic OH excluding ortho intramolecular Hbond substituents is 1. The molecule has 0 aliphatic rings. The van der Waals surface area contributed by atoms with Crippen LogP contribution in [-0.2, 0) is 4.74 Å². The number of aryl methyl sites for hydroxylation is 1. The van der Waals surface area contributed by atoms with E-state index in [1.807, 2.05) is 0 Å². The van der Waals surface area contributed by atoms with Crippen LogP contribution in [0, 0.1) is 6.92 Å². The Kier molecular flexibility index (Phi) is 14.0. The van der Waals surface area contributed by atoms with Crippen LogP contribution in [0.15, 0.2) is 103 Å². The molecule has 0 bridgehead atoms. The summed E-state index contributed by atoms with van der Waals surface area (Å²) in [4.78, 5) is 11.8. The highest BCUT2D eigenvalue weighted by Crippen LogP contribution is 2.56. The van der Waals surface area contributed by atoms with E-state index in [2.05, 4.69) is 91.0 Å². The minimum atomic E-state index is -1.70. The molecular formula is C40H50O4P+. The third-order valence-corrected chi connectivity index (χ3v) is 13.2. The van der Waals surface area contributed by atoms with Gasteiger partial charge >= 0.3 is 5.97 Å². The summed E-state index contributed by atoms with van der Waals surface area (Å²) in [6.45, 7) is 2.38. The van der Waals surface area contributed by atoms with Gasteiger partial charge in [0, 0.05) is 6.07 Å². The van der Waals surface area contributed by atoms with E-state index in [1.54, 1.807) is 13.0 Å². The number of unbranched alkanes of at least 4 members (excludes halogenated alkanes) is 10. The van der Waals surface area contributed by atoms with Gasteiger partial charge in [0.15, 0.2) is 0 Å². The van der Waals surface area contributed by atoms with Crippen LogP contribution in [0.4, 0.5) is 0 Å². The number of carbonyl (C=O) groups is 1. The maximum Gasteiger partial charge on any atom is 0.341 e. The van der Waals surface area contributed by atoms with Gasteiger partial charge in [0.1, 0.15) is 40.2 Å². The van der Waals surface area contributed by atoms with Gasteiger partial charge in [-0.05, 0) is 74.2 Å². The smallest absolute Gasteiger partial charge is 0.341 e. The van der Waals surface area contributed by atoms with Crippen LogP contribution < -0.4 is 20.7 Å². The van der Waals surface area contributed by atoms with Gasteiger partial charge in [-0.1, -0.05) is 106 Å². The molecule has 4 nitrogen and oxygen atoms in total. The summed E-state index contributed by atoms with van der Waals surface area (Å²) in [6.07, 6.45) is 14.9. The van der Waals surface area contributed by atoms with Crippen molar-refractivity contribution >= 4 is 29.1 Å². The van der Waals surface area contributed by atoms with Crippen molar-refractivity contribution in [1.29, 1.82) is 0 Å². The Labute approximate surface area is 271 Å². The van der Waals surface area contributed by atoms with E-state index in [0.29, 0.717) is 17.9 Å². The predicted octanol–water partition coefficient (Wildman–Crippen LogP) is 9.15. The van der Waals surface area contributed by atoms with E-state index in [4.69, 9.17) is 9.47 Å². The van der Waals surface area contributed by atoms with Gasteiger partial charge in [0.2, 0.25) is 0 Å². The lowest BCUT2D eigenvalue weighted by atomic mass is 10.1. The minimum Gasteiger partial charge on any atom is -0.507 e. The van der Waals surface area contributed by atoms with Crippen LogP contribution in [0.25, 0.3) is 0 Å².